The van der Waals surface area contributed by atoms with Crippen LogP contribution in [0.25, 0.3) is 0 Å². The van der Waals surface area contributed by atoms with E-state index in [0.717, 1.165) is 18.1 Å². The molecular weight excluding hydrogens is 200 g/mol. The fourth-order valence-electron chi connectivity index (χ4n) is 1.83. The summed E-state index contributed by atoms with van der Waals surface area (Å²) in [5, 5.41) is 0. The highest BCUT2D eigenvalue weighted by atomic mass is 15.2. The molecule has 2 rings (SSSR count). The fraction of sp³-hybridized carbons (Fsp3) is 0.667. The number of anilines is 1. The largest absolute Gasteiger partial charge is 0.352 e. The molecule has 1 aliphatic rings. The molecule has 0 bridgehead atoms. The van der Waals surface area contributed by atoms with Gasteiger partial charge in [-0.05, 0) is 19.3 Å². The van der Waals surface area contributed by atoms with Crippen LogP contribution in [0.15, 0.2) is 12.4 Å². The van der Waals surface area contributed by atoms with Crippen LogP contribution in [0.3, 0.4) is 0 Å². The molecule has 1 aromatic rings. The molecule has 0 aromatic carbocycles. The molecule has 1 saturated carbocycles. The molecule has 4 nitrogen and oxygen atoms in total. The number of nitrogens with two attached hydrogens (primary N) is 1. The number of unbranched alkanes of at least 4 members (excludes halogenated alkanes) is 1. The van der Waals surface area contributed by atoms with E-state index in [0.29, 0.717) is 12.6 Å². The van der Waals surface area contributed by atoms with E-state index in [1.807, 2.05) is 6.20 Å². The smallest absolute Gasteiger partial charge is 0.147 e. The van der Waals surface area contributed by atoms with Crippen molar-refractivity contribution in [2.75, 3.05) is 11.4 Å². The molecule has 0 saturated heterocycles. The summed E-state index contributed by atoms with van der Waals surface area (Å²) in [5.41, 5.74) is 6.46. The van der Waals surface area contributed by atoms with E-state index in [-0.39, 0.29) is 0 Å². The second-order valence-electron chi connectivity index (χ2n) is 4.35. The van der Waals surface area contributed by atoms with E-state index in [4.69, 9.17) is 5.73 Å². The summed E-state index contributed by atoms with van der Waals surface area (Å²) in [6.07, 6.45) is 8.61. The summed E-state index contributed by atoms with van der Waals surface area (Å²) in [5.74, 6) is 0.999. The molecule has 2 N–H and O–H groups in total. The summed E-state index contributed by atoms with van der Waals surface area (Å²) in [4.78, 5) is 11.1. The average Bonchev–Trinajstić information content (AvgIpc) is 3.14. The summed E-state index contributed by atoms with van der Waals surface area (Å²) < 4.78 is 0. The Morgan fingerprint density at radius 2 is 2.25 bits per heavy atom. The molecular formula is C12H20N4. The van der Waals surface area contributed by atoms with E-state index in [1.54, 1.807) is 6.20 Å². The number of hydrogen-bond donors (Lipinski definition) is 1. The highest BCUT2D eigenvalue weighted by Gasteiger charge is 2.29. The normalized spacial score (nSPS) is 15.1. The minimum absolute atomic E-state index is 0.465. The highest BCUT2D eigenvalue weighted by Crippen LogP contribution is 2.30. The molecule has 0 atom stereocenters. The van der Waals surface area contributed by atoms with Gasteiger partial charge in [-0.3, -0.25) is 4.98 Å². The fourth-order valence-corrected chi connectivity index (χ4v) is 1.83. The van der Waals surface area contributed by atoms with Gasteiger partial charge in [-0.1, -0.05) is 13.3 Å². The van der Waals surface area contributed by atoms with Crippen LogP contribution in [0.4, 0.5) is 5.82 Å². The van der Waals surface area contributed by atoms with E-state index in [2.05, 4.69) is 21.8 Å². The zero-order chi connectivity index (χ0) is 11.4. The number of nitrogens with zero attached hydrogens (tertiary/aromatic N) is 3. The first-order valence-electron chi connectivity index (χ1n) is 6.12. The van der Waals surface area contributed by atoms with Crippen LogP contribution in [0.1, 0.15) is 38.3 Å². The molecule has 0 aliphatic heterocycles. The second-order valence-corrected chi connectivity index (χ2v) is 4.35. The Hall–Kier alpha value is -1.16. The van der Waals surface area contributed by atoms with Crippen LogP contribution >= 0.6 is 0 Å². The number of rotatable bonds is 6. The standard InChI is InChI=1S/C12H20N4/c1-2-3-6-16(11-4-5-11)12-9-14-8-10(7-13)15-12/h8-9,11H,2-7,13H2,1H3. The van der Waals surface area contributed by atoms with Gasteiger partial charge in [0.05, 0.1) is 11.9 Å². The first-order chi connectivity index (χ1) is 7.85. The Balaban J connectivity index is 2.10. The lowest BCUT2D eigenvalue weighted by Crippen LogP contribution is -2.28. The van der Waals surface area contributed by atoms with Crippen molar-refractivity contribution in [3.05, 3.63) is 18.1 Å². The van der Waals surface area contributed by atoms with Crippen molar-refractivity contribution in [2.45, 2.75) is 45.2 Å². The van der Waals surface area contributed by atoms with Gasteiger partial charge in [-0.2, -0.15) is 0 Å². The molecule has 4 heteroatoms. The molecule has 1 heterocycles. The van der Waals surface area contributed by atoms with E-state index >= 15 is 0 Å². The summed E-state index contributed by atoms with van der Waals surface area (Å²) >= 11 is 0. The Morgan fingerprint density at radius 1 is 1.44 bits per heavy atom. The summed E-state index contributed by atoms with van der Waals surface area (Å²) in [7, 11) is 0. The quantitative estimate of drug-likeness (QED) is 0.793. The zero-order valence-electron chi connectivity index (χ0n) is 9.89. The third-order valence-corrected chi connectivity index (χ3v) is 2.92. The maximum absolute atomic E-state index is 5.59. The monoisotopic (exact) mass is 220 g/mol. The molecule has 88 valence electrons. The van der Waals surface area contributed by atoms with Crippen molar-refractivity contribution in [2.24, 2.45) is 5.73 Å². The molecule has 1 aliphatic carbocycles. The maximum Gasteiger partial charge on any atom is 0.147 e. The molecule has 0 amide bonds. The minimum atomic E-state index is 0.465. The molecule has 1 fully saturated rings. The predicted octanol–water partition coefficient (Wildman–Crippen LogP) is 1.70. The number of aromatic nitrogens is 2. The molecule has 0 radical (unpaired) electrons. The van der Waals surface area contributed by atoms with Crippen molar-refractivity contribution in [1.82, 2.24) is 9.97 Å². The first kappa shape index (κ1) is 11.3. The number of hydrogen-bond acceptors (Lipinski definition) is 4. The van der Waals surface area contributed by atoms with Gasteiger partial charge in [0.25, 0.3) is 0 Å². The van der Waals surface area contributed by atoms with Gasteiger partial charge >= 0.3 is 0 Å². The minimum Gasteiger partial charge on any atom is -0.352 e. The van der Waals surface area contributed by atoms with E-state index in [1.165, 1.54) is 25.7 Å². The molecule has 1 aromatic heterocycles. The Kier molecular flexibility index (Phi) is 3.72. The molecule has 16 heavy (non-hydrogen) atoms. The summed E-state index contributed by atoms with van der Waals surface area (Å²) in [6, 6.07) is 0.689. The lowest BCUT2D eigenvalue weighted by atomic mass is 10.3. The predicted molar refractivity (Wildman–Crippen MR) is 65.2 cm³/mol. The first-order valence-corrected chi connectivity index (χ1v) is 6.12. The molecule has 0 unspecified atom stereocenters. The Labute approximate surface area is 96.9 Å². The Bertz CT molecular complexity index is 336. The van der Waals surface area contributed by atoms with Crippen LogP contribution in [0.2, 0.25) is 0 Å². The average molecular weight is 220 g/mol. The highest BCUT2D eigenvalue weighted by molar-refractivity contribution is 5.39. The maximum atomic E-state index is 5.59. The van der Waals surface area contributed by atoms with Crippen molar-refractivity contribution in [1.29, 1.82) is 0 Å². The van der Waals surface area contributed by atoms with Crippen LogP contribution in [-0.2, 0) is 6.54 Å². The van der Waals surface area contributed by atoms with Crippen LogP contribution in [-0.4, -0.2) is 22.6 Å². The summed E-state index contributed by atoms with van der Waals surface area (Å²) in [6.45, 7) is 3.77. The van der Waals surface area contributed by atoms with Gasteiger partial charge in [0, 0.05) is 25.3 Å². The third kappa shape index (κ3) is 2.70. The van der Waals surface area contributed by atoms with Crippen molar-refractivity contribution >= 4 is 5.82 Å². The van der Waals surface area contributed by atoms with Gasteiger partial charge in [0.1, 0.15) is 5.82 Å². The van der Waals surface area contributed by atoms with Crippen LogP contribution < -0.4 is 10.6 Å². The van der Waals surface area contributed by atoms with Crippen molar-refractivity contribution in [3.63, 3.8) is 0 Å². The van der Waals surface area contributed by atoms with Gasteiger partial charge in [-0.25, -0.2) is 4.98 Å². The second kappa shape index (κ2) is 5.25. The van der Waals surface area contributed by atoms with Gasteiger partial charge in [0.15, 0.2) is 0 Å². The zero-order valence-corrected chi connectivity index (χ0v) is 9.89. The van der Waals surface area contributed by atoms with Crippen LogP contribution in [0, 0.1) is 0 Å². The van der Waals surface area contributed by atoms with E-state index in [9.17, 15) is 0 Å². The molecule has 0 spiro atoms. The topological polar surface area (TPSA) is 55.0 Å². The van der Waals surface area contributed by atoms with Gasteiger partial charge in [-0.15, -0.1) is 0 Å². The van der Waals surface area contributed by atoms with E-state index < -0.39 is 0 Å². The third-order valence-electron chi connectivity index (χ3n) is 2.92. The Morgan fingerprint density at radius 3 is 2.88 bits per heavy atom. The van der Waals surface area contributed by atoms with Crippen molar-refractivity contribution < 1.29 is 0 Å². The lowest BCUT2D eigenvalue weighted by Gasteiger charge is -2.23. The lowest BCUT2D eigenvalue weighted by molar-refractivity contribution is 0.700. The SMILES string of the molecule is CCCCN(c1cncc(CN)n1)C1CC1. The van der Waals surface area contributed by atoms with Gasteiger partial charge < -0.3 is 10.6 Å². The van der Waals surface area contributed by atoms with Crippen molar-refractivity contribution in [3.8, 4) is 0 Å². The van der Waals surface area contributed by atoms with Gasteiger partial charge in [0.2, 0.25) is 0 Å². The van der Waals surface area contributed by atoms with Crippen LogP contribution in [0.5, 0.6) is 0 Å².